The summed E-state index contributed by atoms with van der Waals surface area (Å²) < 4.78 is 22.4. The molecule has 0 unspecified atom stereocenters. The fourth-order valence-corrected chi connectivity index (χ4v) is 3.39. The summed E-state index contributed by atoms with van der Waals surface area (Å²) in [6, 6.07) is 5.11. The number of likely N-dealkylation sites (N-methyl/N-ethyl adjacent to an activating group) is 1. The normalized spacial score (nSPS) is 16.1. The first-order chi connectivity index (χ1) is 13.0. The van der Waals surface area contributed by atoms with Gasteiger partial charge in [-0.1, -0.05) is 12.2 Å². The zero-order valence-electron chi connectivity index (χ0n) is 15.9. The van der Waals surface area contributed by atoms with E-state index in [4.69, 9.17) is 30.8 Å². The van der Waals surface area contributed by atoms with Crippen LogP contribution in [0.25, 0.3) is 11.0 Å². The van der Waals surface area contributed by atoms with Gasteiger partial charge in [0.1, 0.15) is 35.2 Å². The monoisotopic (exact) mass is 393 g/mol. The molecule has 1 aromatic carbocycles. The first kappa shape index (κ1) is 19.6. The molecule has 0 bridgehead atoms. The number of ether oxygens (including phenoxy) is 3. The predicted octanol–water partition coefficient (Wildman–Crippen LogP) is 1.55. The number of morpholine rings is 1. The smallest absolute Gasteiger partial charge is 0.346 e. The van der Waals surface area contributed by atoms with E-state index in [0.717, 1.165) is 37.3 Å². The van der Waals surface area contributed by atoms with Crippen LogP contribution in [0.4, 0.5) is 0 Å². The van der Waals surface area contributed by atoms with Gasteiger partial charge in [0.25, 0.3) is 0 Å². The van der Waals surface area contributed by atoms with E-state index >= 15 is 0 Å². The number of quaternary nitrogens is 1. The van der Waals surface area contributed by atoms with Gasteiger partial charge in [-0.3, -0.25) is 0 Å². The average molecular weight is 393 g/mol. The van der Waals surface area contributed by atoms with Crippen LogP contribution in [-0.2, 0) is 4.74 Å². The van der Waals surface area contributed by atoms with Crippen molar-refractivity contribution in [2.24, 2.45) is 0 Å². The molecule has 2 aromatic rings. The molecule has 0 radical (unpaired) electrons. The van der Waals surface area contributed by atoms with Crippen LogP contribution in [0.15, 0.2) is 27.4 Å². The van der Waals surface area contributed by atoms with Crippen molar-refractivity contribution in [2.75, 3.05) is 60.7 Å². The number of methoxy groups -OCH3 is 2. The summed E-state index contributed by atoms with van der Waals surface area (Å²) in [5.74, 6) is 1.11. The minimum absolute atomic E-state index is 0.325. The van der Waals surface area contributed by atoms with E-state index in [1.54, 1.807) is 32.4 Å². The fraction of sp³-hybridized carbons (Fsp3) is 0.474. The summed E-state index contributed by atoms with van der Waals surface area (Å²) in [7, 11) is 5.31. The molecule has 1 fully saturated rings. The van der Waals surface area contributed by atoms with Crippen molar-refractivity contribution in [1.29, 1.82) is 0 Å². The standard InChI is InChI=1S/C19H24N2O5S/c1-21(6-8-25-9-7-21)5-4-20-18(27)15-12-14-16(24-3)10-13(23-2)11-17(14)26-19(15)22/h10-12H,4-9H2,1-3H3/p+1. The summed E-state index contributed by atoms with van der Waals surface area (Å²) in [5, 5.41) is 3.86. The molecule has 1 aliphatic heterocycles. The Morgan fingerprint density at radius 2 is 1.96 bits per heavy atom. The van der Waals surface area contributed by atoms with Gasteiger partial charge < -0.3 is 28.4 Å². The summed E-state index contributed by atoms with van der Waals surface area (Å²) in [6.07, 6.45) is 0. The first-order valence-corrected chi connectivity index (χ1v) is 9.26. The van der Waals surface area contributed by atoms with Crippen LogP contribution in [0.5, 0.6) is 11.5 Å². The van der Waals surface area contributed by atoms with Crippen molar-refractivity contribution in [2.45, 2.75) is 0 Å². The van der Waals surface area contributed by atoms with E-state index in [9.17, 15) is 4.79 Å². The summed E-state index contributed by atoms with van der Waals surface area (Å²) in [6.45, 7) is 5.09. The van der Waals surface area contributed by atoms with Crippen molar-refractivity contribution in [3.8, 4) is 11.5 Å². The summed E-state index contributed by atoms with van der Waals surface area (Å²) >= 11 is 5.43. The van der Waals surface area contributed by atoms with Gasteiger partial charge in [0, 0.05) is 12.1 Å². The van der Waals surface area contributed by atoms with Crippen molar-refractivity contribution in [3.63, 3.8) is 0 Å². The quantitative estimate of drug-likeness (QED) is 0.454. The maximum absolute atomic E-state index is 12.4. The van der Waals surface area contributed by atoms with Crippen LogP contribution in [0.3, 0.4) is 0 Å². The highest BCUT2D eigenvalue weighted by Crippen LogP contribution is 2.30. The number of thiocarbonyl (C=S) groups is 1. The Hall–Kier alpha value is -2.16. The molecule has 0 saturated carbocycles. The van der Waals surface area contributed by atoms with Gasteiger partial charge >= 0.3 is 5.63 Å². The number of hydrogen-bond acceptors (Lipinski definition) is 6. The van der Waals surface area contributed by atoms with Crippen LogP contribution in [0, 0.1) is 0 Å². The van der Waals surface area contributed by atoms with E-state index in [1.807, 2.05) is 0 Å². The van der Waals surface area contributed by atoms with Gasteiger partial charge in [0.05, 0.1) is 58.5 Å². The molecule has 146 valence electrons. The maximum Gasteiger partial charge on any atom is 0.346 e. The maximum atomic E-state index is 12.4. The Bertz CT molecular complexity index is 890. The van der Waals surface area contributed by atoms with Gasteiger partial charge in [-0.25, -0.2) is 4.79 Å². The minimum Gasteiger partial charge on any atom is -0.496 e. The second kappa shape index (κ2) is 8.24. The molecular formula is C19H25N2O5S+. The topological polar surface area (TPSA) is 69.9 Å². The highest BCUT2D eigenvalue weighted by atomic mass is 32.1. The Balaban J connectivity index is 1.78. The molecule has 8 heteroatoms. The van der Waals surface area contributed by atoms with E-state index in [-0.39, 0.29) is 0 Å². The largest absolute Gasteiger partial charge is 0.496 e. The van der Waals surface area contributed by atoms with E-state index in [2.05, 4.69) is 12.4 Å². The lowest BCUT2D eigenvalue weighted by Crippen LogP contribution is -2.54. The van der Waals surface area contributed by atoms with Crippen molar-refractivity contribution < 1.29 is 23.1 Å². The van der Waals surface area contributed by atoms with Gasteiger partial charge in [-0.05, 0) is 6.07 Å². The second-order valence-electron chi connectivity index (χ2n) is 6.85. The molecule has 7 nitrogen and oxygen atoms in total. The molecule has 0 atom stereocenters. The molecule has 0 amide bonds. The Kier molecular flexibility index (Phi) is 5.98. The Morgan fingerprint density at radius 3 is 2.63 bits per heavy atom. The summed E-state index contributed by atoms with van der Waals surface area (Å²) in [4.78, 5) is 12.8. The molecular weight excluding hydrogens is 368 g/mol. The van der Waals surface area contributed by atoms with Gasteiger partial charge in [0.15, 0.2) is 0 Å². The minimum atomic E-state index is -0.484. The third-order valence-electron chi connectivity index (χ3n) is 4.98. The number of benzene rings is 1. The van der Waals surface area contributed by atoms with E-state index in [0.29, 0.717) is 39.6 Å². The molecule has 27 heavy (non-hydrogen) atoms. The molecule has 2 heterocycles. The third kappa shape index (κ3) is 4.40. The highest BCUT2D eigenvalue weighted by Gasteiger charge is 2.24. The fourth-order valence-electron chi connectivity index (χ4n) is 3.15. The average Bonchev–Trinajstić information content (AvgIpc) is 2.66. The zero-order valence-corrected chi connectivity index (χ0v) is 16.7. The van der Waals surface area contributed by atoms with Crippen LogP contribution < -0.4 is 20.4 Å². The van der Waals surface area contributed by atoms with Crippen LogP contribution in [0.2, 0.25) is 0 Å². The van der Waals surface area contributed by atoms with Crippen LogP contribution in [0.1, 0.15) is 5.56 Å². The first-order valence-electron chi connectivity index (χ1n) is 8.85. The van der Waals surface area contributed by atoms with Crippen LogP contribution >= 0.6 is 12.2 Å². The Labute approximate surface area is 163 Å². The molecule has 1 aliphatic rings. The van der Waals surface area contributed by atoms with E-state index in [1.165, 1.54) is 0 Å². The third-order valence-corrected chi connectivity index (χ3v) is 5.34. The number of nitrogens with one attached hydrogen (secondary N) is 1. The molecule has 0 aliphatic carbocycles. The number of rotatable bonds is 6. The number of nitrogens with zero attached hydrogens (tertiary/aromatic N) is 1. The molecule has 1 saturated heterocycles. The van der Waals surface area contributed by atoms with Crippen molar-refractivity contribution >= 4 is 28.2 Å². The SMILES string of the molecule is COc1cc(OC)c2cc(C(=S)NCC[N+]3(C)CCOCC3)c(=O)oc2c1. The van der Waals surface area contributed by atoms with Crippen LogP contribution in [-0.4, -0.2) is 70.1 Å². The van der Waals surface area contributed by atoms with E-state index < -0.39 is 5.63 Å². The Morgan fingerprint density at radius 1 is 1.22 bits per heavy atom. The number of hydrogen-bond donors (Lipinski definition) is 1. The van der Waals surface area contributed by atoms with Gasteiger partial charge in [-0.2, -0.15) is 0 Å². The van der Waals surface area contributed by atoms with Crippen molar-refractivity contribution in [3.05, 3.63) is 34.2 Å². The van der Waals surface area contributed by atoms with Gasteiger partial charge in [-0.15, -0.1) is 0 Å². The lowest BCUT2D eigenvalue weighted by atomic mass is 10.1. The molecule has 3 rings (SSSR count). The highest BCUT2D eigenvalue weighted by molar-refractivity contribution is 7.80. The zero-order chi connectivity index (χ0) is 19.4. The number of fused-ring (bicyclic) bond motifs is 1. The lowest BCUT2D eigenvalue weighted by molar-refractivity contribution is -0.915. The van der Waals surface area contributed by atoms with Gasteiger partial charge in [0.2, 0.25) is 0 Å². The van der Waals surface area contributed by atoms with Crippen molar-refractivity contribution in [1.82, 2.24) is 5.32 Å². The molecule has 0 spiro atoms. The molecule has 1 N–H and O–H groups in total. The summed E-state index contributed by atoms with van der Waals surface area (Å²) in [5.41, 5.74) is 0.238. The second-order valence-corrected chi connectivity index (χ2v) is 7.26. The molecule has 1 aromatic heterocycles. The lowest BCUT2D eigenvalue weighted by Gasteiger charge is -2.37. The predicted molar refractivity (Wildman–Crippen MR) is 107 cm³/mol.